The molecule has 0 spiro atoms. The Hall–Kier alpha value is -4.75. The van der Waals surface area contributed by atoms with Gasteiger partial charge in [0.15, 0.2) is 0 Å². The SMILES string of the molecule is C=C/C(=C\C(=C/C)c1ccc2c(c1)=C(c1cc3c(-c4cc(F)cc(NCCN(C)C)c4)cncc3[nH]1)N=2)NC(=C)CC(C)(C)C. The number of nitrogens with one attached hydrogen (secondary N) is 3. The van der Waals surface area contributed by atoms with Crippen LogP contribution in [-0.4, -0.2) is 42.1 Å². The highest BCUT2D eigenvalue weighted by Gasteiger charge is 2.17. The van der Waals surface area contributed by atoms with Crippen LogP contribution in [0.1, 0.15) is 45.4 Å². The molecule has 2 aromatic heterocycles. The number of hydrogen-bond acceptors (Lipinski definition) is 5. The maximum atomic E-state index is 14.7. The van der Waals surface area contributed by atoms with Gasteiger partial charge in [-0.3, -0.25) is 4.98 Å². The number of fused-ring (bicyclic) bond motifs is 2. The number of likely N-dealkylation sites (N-methyl/N-ethyl adjacent to an activating group) is 1. The summed E-state index contributed by atoms with van der Waals surface area (Å²) in [6, 6.07) is 13.5. The first kappa shape index (κ1) is 31.7. The number of benzene rings is 2. The fraction of sp³-hybridized carbons (Fsp3) is 0.263. The Bertz CT molecular complexity index is 1950. The Balaban J connectivity index is 1.46. The van der Waals surface area contributed by atoms with E-state index in [1.54, 1.807) is 18.5 Å². The molecule has 0 saturated carbocycles. The standard InChI is InChI=1S/C38H43FN6/c1-9-25(16-29(10-2)42-24(3)21-38(4,5)6)26-11-12-34-32(18-26)37(44-34)35-20-31-33(22-40-23-36(31)43-35)27-15-28(39)19-30(17-27)41-13-14-45(7)8/h9-12,15-20,22-23,41-43H,2-3,13-14,21H2,1,4-8H3/b25-9+,29-16+. The van der Waals surface area contributed by atoms with Crippen molar-refractivity contribution in [3.05, 3.63) is 125 Å². The van der Waals surface area contributed by atoms with Gasteiger partial charge in [-0.05, 0) is 98.1 Å². The number of halogens is 1. The number of allylic oxidation sites excluding steroid dienone is 5. The molecule has 0 saturated heterocycles. The molecule has 45 heavy (non-hydrogen) atoms. The molecule has 0 radical (unpaired) electrons. The zero-order chi connectivity index (χ0) is 32.3. The highest BCUT2D eigenvalue weighted by atomic mass is 19.1. The first-order chi connectivity index (χ1) is 21.4. The van der Waals surface area contributed by atoms with E-state index < -0.39 is 0 Å². The molecule has 3 heterocycles. The molecule has 0 atom stereocenters. The van der Waals surface area contributed by atoms with Crippen molar-refractivity contribution in [1.82, 2.24) is 20.2 Å². The van der Waals surface area contributed by atoms with Crippen LogP contribution in [0.2, 0.25) is 0 Å². The third-order valence-electron chi connectivity index (χ3n) is 7.62. The molecule has 4 aromatic rings. The Morgan fingerprint density at radius 2 is 1.89 bits per heavy atom. The van der Waals surface area contributed by atoms with Gasteiger partial charge in [0, 0.05) is 52.5 Å². The summed E-state index contributed by atoms with van der Waals surface area (Å²) in [7, 11) is 4.03. The van der Waals surface area contributed by atoms with Crippen molar-refractivity contribution < 1.29 is 4.39 Å². The van der Waals surface area contributed by atoms with Crippen molar-refractivity contribution in [3.63, 3.8) is 0 Å². The lowest BCUT2D eigenvalue weighted by Gasteiger charge is -2.21. The summed E-state index contributed by atoms with van der Waals surface area (Å²) >= 11 is 0. The van der Waals surface area contributed by atoms with Crippen LogP contribution in [0.4, 0.5) is 10.1 Å². The van der Waals surface area contributed by atoms with Gasteiger partial charge < -0.3 is 20.5 Å². The molecule has 6 nitrogen and oxygen atoms in total. The Morgan fingerprint density at radius 1 is 1.09 bits per heavy atom. The number of pyridine rings is 1. The second-order valence-electron chi connectivity index (χ2n) is 13.0. The van der Waals surface area contributed by atoms with E-state index in [2.05, 4.69) is 95.8 Å². The summed E-state index contributed by atoms with van der Waals surface area (Å²) in [5, 5.41) is 9.75. The van der Waals surface area contributed by atoms with Gasteiger partial charge in [0.2, 0.25) is 0 Å². The molecule has 1 aliphatic rings. The number of aromatic nitrogens is 2. The van der Waals surface area contributed by atoms with Crippen molar-refractivity contribution in [2.45, 2.75) is 34.1 Å². The lowest BCUT2D eigenvalue weighted by molar-refractivity contribution is 0.403. The Kier molecular flexibility index (Phi) is 9.21. The monoisotopic (exact) mass is 602 g/mol. The molecule has 232 valence electrons. The van der Waals surface area contributed by atoms with Crippen molar-refractivity contribution in [3.8, 4) is 11.1 Å². The fourth-order valence-electron chi connectivity index (χ4n) is 5.55. The van der Waals surface area contributed by atoms with E-state index in [4.69, 9.17) is 4.99 Å². The molecule has 0 amide bonds. The maximum Gasteiger partial charge on any atom is 0.125 e. The number of anilines is 1. The smallest absolute Gasteiger partial charge is 0.125 e. The summed E-state index contributed by atoms with van der Waals surface area (Å²) in [5.74, 6) is -0.292. The molecule has 1 aliphatic heterocycles. The highest BCUT2D eigenvalue weighted by molar-refractivity contribution is 5.97. The van der Waals surface area contributed by atoms with E-state index in [0.29, 0.717) is 0 Å². The summed E-state index contributed by atoms with van der Waals surface area (Å²) in [6.45, 7) is 18.4. The third kappa shape index (κ3) is 7.49. The van der Waals surface area contributed by atoms with Crippen LogP contribution in [0.25, 0.3) is 33.3 Å². The van der Waals surface area contributed by atoms with E-state index in [1.807, 2.05) is 33.2 Å². The van der Waals surface area contributed by atoms with Gasteiger partial charge in [-0.1, -0.05) is 46.1 Å². The summed E-state index contributed by atoms with van der Waals surface area (Å²) in [4.78, 5) is 14.9. The molecular weight excluding hydrogens is 559 g/mol. The van der Waals surface area contributed by atoms with Crippen molar-refractivity contribution in [2.75, 3.05) is 32.5 Å². The van der Waals surface area contributed by atoms with E-state index in [-0.39, 0.29) is 11.2 Å². The summed E-state index contributed by atoms with van der Waals surface area (Å²) < 4.78 is 14.7. The summed E-state index contributed by atoms with van der Waals surface area (Å²) in [5.41, 5.74) is 9.17. The van der Waals surface area contributed by atoms with Gasteiger partial charge in [0.25, 0.3) is 0 Å². The van der Waals surface area contributed by atoms with Crippen molar-refractivity contribution in [2.24, 2.45) is 10.4 Å². The molecule has 3 N–H and O–H groups in total. The van der Waals surface area contributed by atoms with E-state index in [0.717, 1.165) is 91.7 Å². The fourth-order valence-corrected chi connectivity index (χ4v) is 5.55. The van der Waals surface area contributed by atoms with Crippen molar-refractivity contribution in [1.29, 1.82) is 0 Å². The first-order valence-electron chi connectivity index (χ1n) is 15.3. The van der Waals surface area contributed by atoms with Crippen LogP contribution in [0, 0.1) is 11.2 Å². The Labute approximate surface area is 265 Å². The average molecular weight is 603 g/mol. The number of aromatic amines is 1. The van der Waals surface area contributed by atoms with Crippen LogP contribution in [0.5, 0.6) is 0 Å². The predicted molar refractivity (Wildman–Crippen MR) is 187 cm³/mol. The highest BCUT2D eigenvalue weighted by Crippen LogP contribution is 2.32. The molecule has 7 heteroatoms. The number of H-pyrrole nitrogens is 1. The summed E-state index contributed by atoms with van der Waals surface area (Å²) in [6.07, 6.45) is 10.5. The topological polar surface area (TPSA) is 68.3 Å². The van der Waals surface area contributed by atoms with Crippen LogP contribution in [0.3, 0.4) is 0 Å². The molecule has 5 rings (SSSR count). The largest absolute Gasteiger partial charge is 0.384 e. The Morgan fingerprint density at radius 3 is 2.60 bits per heavy atom. The number of hydrogen-bond donors (Lipinski definition) is 3. The van der Waals surface area contributed by atoms with E-state index in [9.17, 15) is 4.39 Å². The van der Waals surface area contributed by atoms with Gasteiger partial charge in [0.1, 0.15) is 5.82 Å². The molecule has 2 aromatic carbocycles. The molecule has 0 aliphatic carbocycles. The second-order valence-corrected chi connectivity index (χ2v) is 13.0. The zero-order valence-electron chi connectivity index (χ0n) is 27.2. The molecular formula is C38H43FN6. The third-order valence-corrected chi connectivity index (χ3v) is 7.62. The maximum absolute atomic E-state index is 14.7. The van der Waals surface area contributed by atoms with Gasteiger partial charge >= 0.3 is 0 Å². The lowest BCUT2D eigenvalue weighted by atomic mass is 9.91. The molecule has 0 unspecified atom stereocenters. The lowest BCUT2D eigenvalue weighted by Crippen LogP contribution is -2.35. The minimum absolute atomic E-state index is 0.139. The average Bonchev–Trinajstić information content (AvgIpc) is 3.38. The van der Waals surface area contributed by atoms with Gasteiger partial charge in [-0.15, -0.1) is 0 Å². The van der Waals surface area contributed by atoms with Crippen molar-refractivity contribution >= 4 is 27.9 Å². The number of nitrogens with zero attached hydrogens (tertiary/aromatic N) is 3. The molecule has 0 fully saturated rings. The van der Waals surface area contributed by atoms with Crippen LogP contribution >= 0.6 is 0 Å². The normalized spacial score (nSPS) is 13.4. The van der Waals surface area contributed by atoms with E-state index >= 15 is 0 Å². The van der Waals surface area contributed by atoms with Crippen LogP contribution < -0.4 is 21.2 Å². The van der Waals surface area contributed by atoms with E-state index in [1.165, 1.54) is 6.07 Å². The second kappa shape index (κ2) is 13.1. The van der Waals surface area contributed by atoms with Gasteiger partial charge in [-0.2, -0.15) is 0 Å². The minimum Gasteiger partial charge on any atom is -0.384 e. The van der Waals surface area contributed by atoms with Gasteiger partial charge in [0.05, 0.1) is 28.5 Å². The minimum atomic E-state index is -0.292. The van der Waals surface area contributed by atoms with Gasteiger partial charge in [-0.25, -0.2) is 9.38 Å². The quantitative estimate of drug-likeness (QED) is 0.151. The number of rotatable bonds is 12. The molecule has 0 bridgehead atoms. The predicted octanol–water partition coefficient (Wildman–Crippen LogP) is 7.14. The van der Waals surface area contributed by atoms with Crippen LogP contribution in [0.15, 0.2) is 103 Å². The van der Waals surface area contributed by atoms with Crippen LogP contribution in [-0.2, 0) is 0 Å². The first-order valence-corrected chi connectivity index (χ1v) is 15.3. The zero-order valence-corrected chi connectivity index (χ0v) is 27.2.